The van der Waals surface area contributed by atoms with Crippen molar-refractivity contribution >= 4 is 5.91 Å². The number of aryl methyl sites for hydroxylation is 1. The van der Waals surface area contributed by atoms with Gasteiger partial charge in [0.1, 0.15) is 0 Å². The van der Waals surface area contributed by atoms with Crippen LogP contribution in [-0.2, 0) is 11.2 Å². The lowest BCUT2D eigenvalue weighted by Gasteiger charge is -2.32. The third-order valence-corrected chi connectivity index (χ3v) is 5.28. The van der Waals surface area contributed by atoms with E-state index in [0.29, 0.717) is 30.7 Å². The second-order valence-electron chi connectivity index (χ2n) is 6.92. The standard InChI is InChI=1S/C17H28N4O2/c1-13-18-17(19-23-13)9-11-21(14(2)22)16-8-10-20(12-16)15-6-4-3-5-7-15/h15-16H,3-12H2,1-2H3. The van der Waals surface area contributed by atoms with Crippen LogP contribution in [0.2, 0.25) is 0 Å². The summed E-state index contributed by atoms with van der Waals surface area (Å²) in [5.74, 6) is 1.43. The first-order chi connectivity index (χ1) is 11.1. The molecule has 128 valence electrons. The largest absolute Gasteiger partial charge is 0.340 e. The monoisotopic (exact) mass is 320 g/mol. The smallest absolute Gasteiger partial charge is 0.223 e. The summed E-state index contributed by atoms with van der Waals surface area (Å²) in [6, 6.07) is 1.07. The molecule has 0 bridgehead atoms. The van der Waals surface area contributed by atoms with Gasteiger partial charge in [0.15, 0.2) is 5.82 Å². The molecule has 1 aliphatic heterocycles. The number of aromatic nitrogens is 2. The van der Waals surface area contributed by atoms with Crippen LogP contribution in [0.5, 0.6) is 0 Å². The molecule has 2 heterocycles. The zero-order chi connectivity index (χ0) is 16.2. The van der Waals surface area contributed by atoms with Crippen molar-refractivity contribution in [3.05, 3.63) is 11.7 Å². The van der Waals surface area contributed by atoms with Gasteiger partial charge >= 0.3 is 0 Å². The summed E-state index contributed by atoms with van der Waals surface area (Å²) >= 11 is 0. The number of hydrogen-bond donors (Lipinski definition) is 0. The molecule has 3 rings (SSSR count). The highest BCUT2D eigenvalue weighted by Crippen LogP contribution is 2.27. The van der Waals surface area contributed by atoms with E-state index in [-0.39, 0.29) is 5.91 Å². The Morgan fingerprint density at radius 1 is 1.30 bits per heavy atom. The van der Waals surface area contributed by atoms with E-state index in [9.17, 15) is 4.79 Å². The van der Waals surface area contributed by atoms with E-state index in [4.69, 9.17) is 4.52 Å². The molecule has 0 radical (unpaired) electrons. The molecule has 2 aliphatic rings. The van der Waals surface area contributed by atoms with Crippen molar-refractivity contribution in [3.63, 3.8) is 0 Å². The topological polar surface area (TPSA) is 62.5 Å². The van der Waals surface area contributed by atoms with Crippen molar-refractivity contribution in [2.45, 2.75) is 70.9 Å². The van der Waals surface area contributed by atoms with Crippen LogP contribution in [0.25, 0.3) is 0 Å². The lowest BCUT2D eigenvalue weighted by atomic mass is 9.94. The van der Waals surface area contributed by atoms with Gasteiger partial charge in [0.2, 0.25) is 11.8 Å². The van der Waals surface area contributed by atoms with Crippen LogP contribution in [-0.4, -0.2) is 57.6 Å². The van der Waals surface area contributed by atoms with Gasteiger partial charge in [-0.3, -0.25) is 9.69 Å². The molecule has 6 heteroatoms. The first-order valence-corrected chi connectivity index (χ1v) is 8.94. The van der Waals surface area contributed by atoms with Crippen molar-refractivity contribution in [1.82, 2.24) is 19.9 Å². The molecule has 1 atom stereocenters. The van der Waals surface area contributed by atoms with Gasteiger partial charge in [0.25, 0.3) is 0 Å². The molecule has 6 nitrogen and oxygen atoms in total. The Balaban J connectivity index is 1.55. The quantitative estimate of drug-likeness (QED) is 0.832. The van der Waals surface area contributed by atoms with E-state index < -0.39 is 0 Å². The van der Waals surface area contributed by atoms with Crippen LogP contribution in [0.4, 0.5) is 0 Å². The van der Waals surface area contributed by atoms with Crippen molar-refractivity contribution in [2.24, 2.45) is 0 Å². The number of likely N-dealkylation sites (tertiary alicyclic amines) is 1. The molecule has 1 saturated heterocycles. The van der Waals surface area contributed by atoms with Gasteiger partial charge < -0.3 is 9.42 Å². The number of hydrogen-bond acceptors (Lipinski definition) is 5. The van der Waals surface area contributed by atoms with Crippen molar-refractivity contribution < 1.29 is 9.32 Å². The van der Waals surface area contributed by atoms with Crippen LogP contribution in [0, 0.1) is 6.92 Å². The van der Waals surface area contributed by atoms with E-state index in [1.54, 1.807) is 13.8 Å². The fourth-order valence-corrected chi connectivity index (χ4v) is 4.06. The fraction of sp³-hybridized carbons (Fsp3) is 0.824. The molecule has 0 spiro atoms. The average Bonchev–Trinajstić information content (AvgIpc) is 3.18. The van der Waals surface area contributed by atoms with Gasteiger partial charge in [-0.1, -0.05) is 24.4 Å². The first-order valence-electron chi connectivity index (χ1n) is 8.94. The SMILES string of the molecule is CC(=O)N(CCc1noc(C)n1)C1CCN(C2CCCCC2)C1. The maximum Gasteiger partial charge on any atom is 0.223 e. The molecule has 23 heavy (non-hydrogen) atoms. The second-order valence-corrected chi connectivity index (χ2v) is 6.92. The molecule has 1 aromatic rings. The highest BCUT2D eigenvalue weighted by molar-refractivity contribution is 5.73. The maximum atomic E-state index is 12.1. The minimum atomic E-state index is 0.153. The number of amides is 1. The van der Waals surface area contributed by atoms with E-state index in [2.05, 4.69) is 15.0 Å². The van der Waals surface area contributed by atoms with Crippen molar-refractivity contribution in [3.8, 4) is 0 Å². The predicted molar refractivity (Wildman–Crippen MR) is 87.0 cm³/mol. The van der Waals surface area contributed by atoms with Crippen molar-refractivity contribution in [1.29, 1.82) is 0 Å². The summed E-state index contributed by atoms with van der Waals surface area (Å²) in [6.07, 6.45) is 8.51. The zero-order valence-electron chi connectivity index (χ0n) is 14.3. The lowest BCUT2D eigenvalue weighted by Crippen LogP contribution is -2.43. The summed E-state index contributed by atoms with van der Waals surface area (Å²) in [6.45, 7) is 6.29. The van der Waals surface area contributed by atoms with Gasteiger partial charge in [-0.05, 0) is 19.3 Å². The Morgan fingerprint density at radius 3 is 2.74 bits per heavy atom. The number of carbonyl (C=O) groups excluding carboxylic acids is 1. The molecule has 1 aromatic heterocycles. The Hall–Kier alpha value is -1.43. The number of rotatable bonds is 5. The molecule has 1 amide bonds. The maximum absolute atomic E-state index is 12.1. The minimum absolute atomic E-state index is 0.153. The average molecular weight is 320 g/mol. The second kappa shape index (κ2) is 7.43. The summed E-state index contributed by atoms with van der Waals surface area (Å²) in [4.78, 5) is 20.9. The molecular formula is C17H28N4O2. The van der Waals surface area contributed by atoms with E-state index in [0.717, 1.165) is 25.6 Å². The molecule has 1 unspecified atom stereocenters. The number of carbonyl (C=O) groups is 1. The van der Waals surface area contributed by atoms with Crippen molar-refractivity contribution in [2.75, 3.05) is 19.6 Å². The molecular weight excluding hydrogens is 292 g/mol. The third-order valence-electron chi connectivity index (χ3n) is 5.28. The van der Waals surface area contributed by atoms with E-state index in [1.165, 1.54) is 32.1 Å². The normalized spacial score (nSPS) is 23.3. The van der Waals surface area contributed by atoms with Gasteiger partial charge in [-0.15, -0.1) is 0 Å². The minimum Gasteiger partial charge on any atom is -0.340 e. The summed E-state index contributed by atoms with van der Waals surface area (Å²) in [7, 11) is 0. The number of nitrogens with zero attached hydrogens (tertiary/aromatic N) is 4. The van der Waals surface area contributed by atoms with Crippen LogP contribution in [0.1, 0.15) is 57.2 Å². The Labute approximate surface area is 138 Å². The van der Waals surface area contributed by atoms with Gasteiger partial charge in [0, 0.05) is 52.0 Å². The summed E-state index contributed by atoms with van der Waals surface area (Å²) in [5, 5.41) is 3.93. The summed E-state index contributed by atoms with van der Waals surface area (Å²) < 4.78 is 5.01. The first kappa shape index (κ1) is 16.4. The highest BCUT2D eigenvalue weighted by atomic mass is 16.5. The Morgan fingerprint density at radius 2 is 2.09 bits per heavy atom. The molecule has 0 N–H and O–H groups in total. The molecule has 1 saturated carbocycles. The summed E-state index contributed by atoms with van der Waals surface area (Å²) in [5.41, 5.74) is 0. The van der Waals surface area contributed by atoms with Crippen LogP contribution >= 0.6 is 0 Å². The zero-order valence-corrected chi connectivity index (χ0v) is 14.3. The Bertz CT molecular complexity index is 524. The molecule has 1 aliphatic carbocycles. The van der Waals surface area contributed by atoms with Gasteiger partial charge in [0.05, 0.1) is 0 Å². The lowest BCUT2D eigenvalue weighted by molar-refractivity contribution is -0.130. The predicted octanol–water partition coefficient (Wildman–Crippen LogP) is 2.18. The molecule has 0 aromatic carbocycles. The van der Waals surface area contributed by atoms with Gasteiger partial charge in [-0.2, -0.15) is 4.98 Å². The van der Waals surface area contributed by atoms with Crippen LogP contribution in [0.15, 0.2) is 4.52 Å². The van der Waals surface area contributed by atoms with Crippen LogP contribution < -0.4 is 0 Å². The van der Waals surface area contributed by atoms with E-state index in [1.807, 2.05) is 4.90 Å². The van der Waals surface area contributed by atoms with Crippen LogP contribution in [0.3, 0.4) is 0 Å². The van der Waals surface area contributed by atoms with Gasteiger partial charge in [-0.25, -0.2) is 0 Å². The Kier molecular flexibility index (Phi) is 5.30. The highest BCUT2D eigenvalue weighted by Gasteiger charge is 2.33. The third kappa shape index (κ3) is 4.10. The fourth-order valence-electron chi connectivity index (χ4n) is 4.06. The molecule has 2 fully saturated rings. The van der Waals surface area contributed by atoms with E-state index >= 15 is 0 Å².